The molecule has 1 aromatic rings. The molecular weight excluding hydrogens is 342 g/mol. The first-order valence-corrected chi connectivity index (χ1v) is 10.2. The topological polar surface area (TPSA) is 72.9 Å². The normalized spacial score (nSPS) is 23.8. The second kappa shape index (κ2) is 7.60. The Morgan fingerprint density at radius 2 is 1.74 bits per heavy atom. The van der Waals surface area contributed by atoms with E-state index in [1.54, 1.807) is 0 Å². The number of carbonyl (C=O) groups excluding carboxylic acids is 2. The molecule has 0 radical (unpaired) electrons. The Labute approximate surface area is 160 Å². The number of benzene rings is 1. The molecule has 1 aliphatic carbocycles. The number of aliphatic hydroxyl groups excluding tert-OH is 1. The molecule has 3 aliphatic rings. The predicted molar refractivity (Wildman–Crippen MR) is 102 cm³/mol. The highest BCUT2D eigenvalue weighted by Crippen LogP contribution is 2.32. The van der Waals surface area contributed by atoms with E-state index < -0.39 is 11.6 Å². The third kappa shape index (κ3) is 3.73. The van der Waals surface area contributed by atoms with Crippen LogP contribution in [0.2, 0.25) is 0 Å². The zero-order valence-electron chi connectivity index (χ0n) is 15.8. The minimum absolute atomic E-state index is 0.0740. The van der Waals surface area contributed by atoms with E-state index in [1.807, 2.05) is 6.07 Å². The fraction of sp³-hybridized carbons (Fsp3) is 0.619. The lowest BCUT2D eigenvalue weighted by atomic mass is 9.90. The van der Waals surface area contributed by atoms with Crippen LogP contribution in [0, 0.1) is 0 Å². The smallest absolute Gasteiger partial charge is 0.325 e. The van der Waals surface area contributed by atoms with E-state index in [0.717, 1.165) is 45.2 Å². The lowest BCUT2D eigenvalue weighted by Crippen LogP contribution is -2.47. The van der Waals surface area contributed by atoms with E-state index >= 15 is 0 Å². The van der Waals surface area contributed by atoms with Gasteiger partial charge in [-0.05, 0) is 30.4 Å². The van der Waals surface area contributed by atoms with Crippen molar-refractivity contribution in [3.63, 3.8) is 0 Å². The molecule has 1 aromatic carbocycles. The summed E-state index contributed by atoms with van der Waals surface area (Å²) in [5, 5.41) is 13.5. The van der Waals surface area contributed by atoms with E-state index in [-0.39, 0.29) is 18.5 Å². The number of β-amino-alcohol motifs (C(OH)–C–C–N with tert-alkyl or cyclic N) is 1. The molecule has 2 aliphatic heterocycles. The molecule has 2 fully saturated rings. The monoisotopic (exact) mass is 371 g/mol. The van der Waals surface area contributed by atoms with Crippen molar-refractivity contribution in [3.8, 4) is 0 Å². The average molecular weight is 371 g/mol. The molecule has 0 unspecified atom stereocenters. The summed E-state index contributed by atoms with van der Waals surface area (Å²) < 4.78 is 0. The van der Waals surface area contributed by atoms with Crippen LogP contribution in [-0.4, -0.2) is 58.1 Å². The summed E-state index contributed by atoms with van der Waals surface area (Å²) in [7, 11) is 0. The fourth-order valence-electron chi connectivity index (χ4n) is 4.79. The van der Waals surface area contributed by atoms with Gasteiger partial charge in [-0.25, -0.2) is 4.79 Å². The highest BCUT2D eigenvalue weighted by molar-refractivity contribution is 6.07. The zero-order valence-corrected chi connectivity index (χ0v) is 15.8. The van der Waals surface area contributed by atoms with Gasteiger partial charge in [-0.2, -0.15) is 0 Å². The predicted octanol–water partition coefficient (Wildman–Crippen LogP) is 2.05. The minimum atomic E-state index is -0.731. The number of aliphatic hydroxyl groups is 1. The molecule has 1 spiro atoms. The summed E-state index contributed by atoms with van der Waals surface area (Å²) in [6, 6.07) is 8.04. The highest BCUT2D eigenvalue weighted by Gasteiger charge is 2.50. The van der Waals surface area contributed by atoms with Crippen LogP contribution in [-0.2, 0) is 17.8 Å². The molecule has 4 rings (SSSR count). The first-order chi connectivity index (χ1) is 13.1. The summed E-state index contributed by atoms with van der Waals surface area (Å²) in [5.41, 5.74) is 1.94. The molecule has 1 saturated carbocycles. The van der Waals surface area contributed by atoms with E-state index in [2.05, 4.69) is 28.4 Å². The van der Waals surface area contributed by atoms with Crippen molar-refractivity contribution in [2.45, 2.75) is 63.1 Å². The van der Waals surface area contributed by atoms with E-state index in [9.17, 15) is 14.7 Å². The van der Waals surface area contributed by atoms with Crippen LogP contribution >= 0.6 is 0 Å². The Bertz CT molecular complexity index is 712. The van der Waals surface area contributed by atoms with E-state index in [4.69, 9.17) is 0 Å². The highest BCUT2D eigenvalue weighted by atomic mass is 16.3. The summed E-state index contributed by atoms with van der Waals surface area (Å²) in [6.07, 6.45) is 5.83. The van der Waals surface area contributed by atoms with Crippen molar-refractivity contribution in [3.05, 3.63) is 35.4 Å². The fourth-order valence-corrected chi connectivity index (χ4v) is 4.79. The Balaban J connectivity index is 1.36. The quantitative estimate of drug-likeness (QED) is 0.795. The number of nitrogens with one attached hydrogen (secondary N) is 1. The van der Waals surface area contributed by atoms with Crippen LogP contribution in [0.15, 0.2) is 24.3 Å². The van der Waals surface area contributed by atoms with Crippen molar-refractivity contribution in [1.29, 1.82) is 0 Å². The van der Waals surface area contributed by atoms with Gasteiger partial charge < -0.3 is 10.4 Å². The molecule has 1 saturated heterocycles. The molecule has 146 valence electrons. The van der Waals surface area contributed by atoms with Gasteiger partial charge in [-0.15, -0.1) is 0 Å². The van der Waals surface area contributed by atoms with Crippen molar-refractivity contribution in [2.75, 3.05) is 19.6 Å². The van der Waals surface area contributed by atoms with E-state index in [1.165, 1.54) is 16.0 Å². The minimum Gasteiger partial charge on any atom is -0.390 e. The van der Waals surface area contributed by atoms with Crippen LogP contribution in [0.5, 0.6) is 0 Å². The van der Waals surface area contributed by atoms with Crippen molar-refractivity contribution in [1.82, 2.24) is 15.1 Å². The lowest BCUT2D eigenvalue weighted by molar-refractivity contribution is -0.132. The maximum Gasteiger partial charge on any atom is 0.325 e. The van der Waals surface area contributed by atoms with Crippen molar-refractivity contribution >= 4 is 11.9 Å². The number of rotatable bonds is 4. The van der Waals surface area contributed by atoms with Crippen LogP contribution in [0.25, 0.3) is 0 Å². The second-order valence-electron chi connectivity index (χ2n) is 8.25. The summed E-state index contributed by atoms with van der Waals surface area (Å²) in [4.78, 5) is 28.8. The number of carbonyl (C=O) groups is 2. The van der Waals surface area contributed by atoms with Crippen LogP contribution in [0.4, 0.5) is 4.79 Å². The number of nitrogens with zero attached hydrogens (tertiary/aromatic N) is 2. The standard InChI is InChI=1S/C21H29N3O3/c25-18(14-23-12-9-16-7-3-4-8-17(16)13-23)15-24-19(26)21(22-20(24)27)10-5-1-2-6-11-21/h3-4,7-8,18,25H,1-2,5-6,9-15H2,(H,22,27)/t18-/m1/s1. The molecule has 6 nitrogen and oxygen atoms in total. The van der Waals surface area contributed by atoms with Gasteiger partial charge in [0.2, 0.25) is 0 Å². The number of amides is 3. The van der Waals surface area contributed by atoms with Crippen LogP contribution in [0.3, 0.4) is 0 Å². The molecule has 0 aromatic heterocycles. The van der Waals surface area contributed by atoms with Gasteiger partial charge in [0.1, 0.15) is 5.54 Å². The summed E-state index contributed by atoms with van der Waals surface area (Å²) >= 11 is 0. The Kier molecular flexibility index (Phi) is 5.19. The van der Waals surface area contributed by atoms with Crippen molar-refractivity contribution < 1.29 is 14.7 Å². The first kappa shape index (κ1) is 18.4. The van der Waals surface area contributed by atoms with Crippen molar-refractivity contribution in [2.24, 2.45) is 0 Å². The van der Waals surface area contributed by atoms with Crippen LogP contribution in [0.1, 0.15) is 49.7 Å². The SMILES string of the molecule is O=C1NC2(CCCCCC2)C(=O)N1C[C@H](O)CN1CCc2ccccc2C1. The molecule has 1 atom stereocenters. The molecular formula is C21H29N3O3. The third-order valence-electron chi connectivity index (χ3n) is 6.27. The Hall–Kier alpha value is -1.92. The second-order valence-corrected chi connectivity index (χ2v) is 8.25. The maximum absolute atomic E-state index is 13.0. The number of hydrogen-bond acceptors (Lipinski definition) is 4. The molecule has 2 heterocycles. The van der Waals surface area contributed by atoms with Gasteiger partial charge in [-0.3, -0.25) is 14.6 Å². The van der Waals surface area contributed by atoms with Gasteiger partial charge in [0.05, 0.1) is 12.6 Å². The molecule has 3 amide bonds. The summed E-state index contributed by atoms with van der Waals surface area (Å²) in [5.74, 6) is -0.141. The number of hydrogen-bond donors (Lipinski definition) is 2. The first-order valence-electron chi connectivity index (χ1n) is 10.2. The van der Waals surface area contributed by atoms with Gasteiger partial charge in [0, 0.05) is 19.6 Å². The largest absolute Gasteiger partial charge is 0.390 e. The number of imide groups is 1. The molecule has 2 N–H and O–H groups in total. The van der Waals surface area contributed by atoms with Gasteiger partial charge in [-0.1, -0.05) is 49.9 Å². The maximum atomic E-state index is 13.0. The van der Waals surface area contributed by atoms with E-state index in [0.29, 0.717) is 19.4 Å². The number of urea groups is 1. The Morgan fingerprint density at radius 3 is 2.48 bits per heavy atom. The third-order valence-corrected chi connectivity index (χ3v) is 6.27. The van der Waals surface area contributed by atoms with Gasteiger partial charge in [0.15, 0.2) is 0 Å². The molecule has 0 bridgehead atoms. The van der Waals surface area contributed by atoms with Crippen LogP contribution < -0.4 is 5.32 Å². The molecule has 27 heavy (non-hydrogen) atoms. The Morgan fingerprint density at radius 1 is 1.04 bits per heavy atom. The zero-order chi connectivity index (χ0) is 18.9. The molecule has 6 heteroatoms. The number of fused-ring (bicyclic) bond motifs is 1. The lowest BCUT2D eigenvalue weighted by Gasteiger charge is -2.31. The van der Waals surface area contributed by atoms with Gasteiger partial charge in [0.25, 0.3) is 5.91 Å². The average Bonchev–Trinajstić information content (AvgIpc) is 2.83. The summed E-state index contributed by atoms with van der Waals surface area (Å²) in [6.45, 7) is 2.23. The van der Waals surface area contributed by atoms with Gasteiger partial charge >= 0.3 is 6.03 Å².